The van der Waals surface area contributed by atoms with Crippen molar-refractivity contribution < 1.29 is 4.79 Å². The van der Waals surface area contributed by atoms with Gasteiger partial charge in [-0.1, -0.05) is 18.2 Å². The van der Waals surface area contributed by atoms with Crippen LogP contribution in [0.2, 0.25) is 0 Å². The van der Waals surface area contributed by atoms with Crippen LogP contribution in [0.3, 0.4) is 0 Å². The van der Waals surface area contributed by atoms with Crippen molar-refractivity contribution in [1.82, 2.24) is 30.4 Å². The molecule has 1 saturated heterocycles. The van der Waals surface area contributed by atoms with E-state index in [2.05, 4.69) is 30.6 Å². The molecule has 1 aliphatic rings. The molecule has 0 saturated carbocycles. The lowest BCUT2D eigenvalue weighted by molar-refractivity contribution is 0.234. The summed E-state index contributed by atoms with van der Waals surface area (Å²) in [5.74, 6) is 0.711. The molecule has 8 heteroatoms. The minimum absolute atomic E-state index is 0.0684. The molecule has 1 atom stereocenters. The van der Waals surface area contributed by atoms with Gasteiger partial charge in [-0.05, 0) is 36.6 Å². The van der Waals surface area contributed by atoms with E-state index in [1.54, 1.807) is 29.3 Å². The molecule has 1 aromatic carbocycles. The highest BCUT2D eigenvalue weighted by Gasteiger charge is 2.22. The van der Waals surface area contributed by atoms with Crippen molar-refractivity contribution in [3.63, 3.8) is 0 Å². The summed E-state index contributed by atoms with van der Waals surface area (Å²) in [6.45, 7) is 2.04. The van der Waals surface area contributed by atoms with Gasteiger partial charge in [0.15, 0.2) is 0 Å². The van der Waals surface area contributed by atoms with E-state index in [1.165, 1.54) is 0 Å². The van der Waals surface area contributed by atoms with Gasteiger partial charge < -0.3 is 15.5 Å². The number of para-hydroxylation sites is 1. The highest BCUT2D eigenvalue weighted by Crippen LogP contribution is 2.16. The quantitative estimate of drug-likeness (QED) is 0.711. The first-order chi connectivity index (χ1) is 13.8. The van der Waals surface area contributed by atoms with Gasteiger partial charge >= 0.3 is 6.03 Å². The van der Waals surface area contributed by atoms with Crippen LogP contribution < -0.4 is 15.5 Å². The third-order valence-corrected chi connectivity index (χ3v) is 4.77. The van der Waals surface area contributed by atoms with Crippen molar-refractivity contribution in [2.24, 2.45) is 0 Å². The molecule has 2 aromatic heterocycles. The average molecular weight is 377 g/mol. The van der Waals surface area contributed by atoms with Gasteiger partial charge in [-0.25, -0.2) is 19.4 Å². The van der Waals surface area contributed by atoms with Crippen LogP contribution in [0.15, 0.2) is 61.2 Å². The van der Waals surface area contributed by atoms with E-state index in [1.807, 2.05) is 36.5 Å². The SMILES string of the molecule is O=C(NCc1ccccc1-n1cccn1)NC1CCCN(c2ncccn2)C1. The summed E-state index contributed by atoms with van der Waals surface area (Å²) in [6.07, 6.45) is 9.04. The molecule has 3 heterocycles. The number of hydrogen-bond acceptors (Lipinski definition) is 5. The fourth-order valence-electron chi connectivity index (χ4n) is 3.44. The van der Waals surface area contributed by atoms with E-state index in [9.17, 15) is 4.79 Å². The maximum absolute atomic E-state index is 12.4. The maximum atomic E-state index is 12.4. The van der Waals surface area contributed by atoms with Crippen molar-refractivity contribution >= 4 is 12.0 Å². The number of urea groups is 1. The fraction of sp³-hybridized carbons (Fsp3) is 0.300. The lowest BCUT2D eigenvalue weighted by atomic mass is 10.1. The summed E-state index contributed by atoms with van der Waals surface area (Å²) in [5.41, 5.74) is 1.96. The van der Waals surface area contributed by atoms with E-state index in [0.717, 1.165) is 30.6 Å². The lowest BCUT2D eigenvalue weighted by Crippen LogP contribution is -2.50. The number of rotatable bonds is 5. The van der Waals surface area contributed by atoms with Crippen LogP contribution in [0.5, 0.6) is 0 Å². The predicted octanol–water partition coefficient (Wildman–Crippen LogP) is 2.13. The van der Waals surface area contributed by atoms with Gasteiger partial charge in [0.2, 0.25) is 5.95 Å². The summed E-state index contributed by atoms with van der Waals surface area (Å²) >= 11 is 0. The lowest BCUT2D eigenvalue weighted by Gasteiger charge is -2.33. The summed E-state index contributed by atoms with van der Waals surface area (Å²) in [7, 11) is 0. The number of nitrogens with one attached hydrogen (secondary N) is 2. The van der Waals surface area contributed by atoms with Gasteiger partial charge in [-0.2, -0.15) is 5.10 Å². The Balaban J connectivity index is 1.33. The van der Waals surface area contributed by atoms with Crippen LogP contribution in [0, 0.1) is 0 Å². The highest BCUT2D eigenvalue weighted by atomic mass is 16.2. The Bertz CT molecular complexity index is 898. The standard InChI is InChI=1S/C20H23N7O/c28-20(23-14-16-6-1-2-8-18(16)27-13-5-11-24-27)25-17-7-3-12-26(15-17)19-21-9-4-10-22-19/h1-2,4-6,8-11,13,17H,3,7,12,14-15H2,(H2,23,25,28). The largest absolute Gasteiger partial charge is 0.339 e. The topological polar surface area (TPSA) is 88.0 Å². The Kier molecular flexibility index (Phi) is 5.46. The van der Waals surface area contributed by atoms with Crippen molar-refractivity contribution in [3.05, 3.63) is 66.7 Å². The highest BCUT2D eigenvalue weighted by molar-refractivity contribution is 5.74. The molecule has 1 fully saturated rings. The third-order valence-electron chi connectivity index (χ3n) is 4.77. The van der Waals surface area contributed by atoms with Crippen LogP contribution in [-0.2, 0) is 6.54 Å². The Morgan fingerprint density at radius 2 is 1.96 bits per heavy atom. The van der Waals surface area contributed by atoms with Gasteiger partial charge in [0.25, 0.3) is 0 Å². The normalized spacial score (nSPS) is 16.6. The van der Waals surface area contributed by atoms with Crippen LogP contribution >= 0.6 is 0 Å². The van der Waals surface area contributed by atoms with Gasteiger partial charge in [0, 0.05) is 50.5 Å². The van der Waals surface area contributed by atoms with E-state index in [-0.39, 0.29) is 12.1 Å². The zero-order chi connectivity index (χ0) is 19.2. The number of carbonyl (C=O) groups is 1. The minimum atomic E-state index is -0.170. The fourth-order valence-corrected chi connectivity index (χ4v) is 3.44. The number of carbonyl (C=O) groups excluding carboxylic acids is 1. The Labute approximate surface area is 163 Å². The molecule has 3 aromatic rings. The number of benzene rings is 1. The van der Waals surface area contributed by atoms with Crippen molar-refractivity contribution in [2.45, 2.75) is 25.4 Å². The van der Waals surface area contributed by atoms with Crippen LogP contribution in [-0.4, -0.2) is 44.9 Å². The molecule has 0 radical (unpaired) electrons. The number of anilines is 1. The van der Waals surface area contributed by atoms with Crippen molar-refractivity contribution in [2.75, 3.05) is 18.0 Å². The first kappa shape index (κ1) is 18.0. The predicted molar refractivity (Wildman–Crippen MR) is 106 cm³/mol. The summed E-state index contributed by atoms with van der Waals surface area (Å²) in [4.78, 5) is 23.2. The molecule has 8 nitrogen and oxygen atoms in total. The number of piperidine rings is 1. The van der Waals surface area contributed by atoms with Crippen LogP contribution in [0.1, 0.15) is 18.4 Å². The van der Waals surface area contributed by atoms with Crippen LogP contribution in [0.4, 0.5) is 10.7 Å². The summed E-state index contributed by atoms with van der Waals surface area (Å²) in [6, 6.07) is 11.5. The first-order valence-electron chi connectivity index (χ1n) is 9.44. The molecule has 144 valence electrons. The molecule has 4 rings (SSSR count). The zero-order valence-electron chi connectivity index (χ0n) is 15.5. The smallest absolute Gasteiger partial charge is 0.315 e. The van der Waals surface area contributed by atoms with E-state index >= 15 is 0 Å². The van der Waals surface area contributed by atoms with Gasteiger partial charge in [0.05, 0.1) is 5.69 Å². The number of aromatic nitrogens is 4. The molecule has 1 aliphatic heterocycles. The number of nitrogens with zero attached hydrogens (tertiary/aromatic N) is 5. The molecule has 2 N–H and O–H groups in total. The van der Waals surface area contributed by atoms with E-state index in [0.29, 0.717) is 19.0 Å². The van der Waals surface area contributed by atoms with Gasteiger partial charge in [-0.3, -0.25) is 0 Å². The molecule has 1 unspecified atom stereocenters. The van der Waals surface area contributed by atoms with Gasteiger partial charge in [0.1, 0.15) is 0 Å². The zero-order valence-corrected chi connectivity index (χ0v) is 15.5. The van der Waals surface area contributed by atoms with Crippen molar-refractivity contribution in [3.8, 4) is 5.69 Å². The molecular weight excluding hydrogens is 354 g/mol. The molecule has 2 amide bonds. The Morgan fingerprint density at radius 3 is 2.79 bits per heavy atom. The average Bonchev–Trinajstić information content (AvgIpc) is 3.28. The minimum Gasteiger partial charge on any atom is -0.339 e. The molecule has 0 bridgehead atoms. The Morgan fingerprint density at radius 1 is 1.11 bits per heavy atom. The molecule has 0 spiro atoms. The molecular formula is C20H23N7O. The third kappa shape index (κ3) is 4.28. The van der Waals surface area contributed by atoms with E-state index in [4.69, 9.17) is 0 Å². The second-order valence-electron chi connectivity index (χ2n) is 6.74. The van der Waals surface area contributed by atoms with E-state index < -0.39 is 0 Å². The van der Waals surface area contributed by atoms with Crippen LogP contribution in [0.25, 0.3) is 5.69 Å². The second kappa shape index (κ2) is 8.51. The van der Waals surface area contributed by atoms with Gasteiger partial charge in [-0.15, -0.1) is 0 Å². The molecule has 0 aliphatic carbocycles. The maximum Gasteiger partial charge on any atom is 0.315 e. The molecule has 28 heavy (non-hydrogen) atoms. The summed E-state index contributed by atoms with van der Waals surface area (Å²) in [5, 5.41) is 10.3. The first-order valence-corrected chi connectivity index (χ1v) is 9.44. The second-order valence-corrected chi connectivity index (χ2v) is 6.74. The van der Waals surface area contributed by atoms with Crippen molar-refractivity contribution in [1.29, 1.82) is 0 Å². The number of hydrogen-bond donors (Lipinski definition) is 2. The number of amides is 2. The summed E-state index contributed by atoms with van der Waals surface area (Å²) < 4.78 is 1.80. The monoisotopic (exact) mass is 377 g/mol. The Hall–Kier alpha value is -3.42.